The van der Waals surface area contributed by atoms with Crippen molar-refractivity contribution < 1.29 is 4.74 Å². The molecule has 24 heavy (non-hydrogen) atoms. The second-order valence-electron chi connectivity index (χ2n) is 8.34. The largest absolute Gasteiger partial charge is 0.368 e. The molecule has 0 fully saturated rings. The molecule has 0 aliphatic heterocycles. The van der Waals surface area contributed by atoms with Crippen LogP contribution < -0.4 is 5.32 Å². The van der Waals surface area contributed by atoms with Gasteiger partial charge in [-0.25, -0.2) is 0 Å². The summed E-state index contributed by atoms with van der Waals surface area (Å²) in [6.07, 6.45) is 0. The van der Waals surface area contributed by atoms with Gasteiger partial charge in [0.15, 0.2) is 0 Å². The number of ether oxygens (including phenoxy) is 1. The van der Waals surface area contributed by atoms with Crippen molar-refractivity contribution in [3.63, 3.8) is 0 Å². The number of rotatable bonds is 4. The van der Waals surface area contributed by atoms with Crippen molar-refractivity contribution in [1.82, 2.24) is 5.32 Å². The van der Waals surface area contributed by atoms with Crippen LogP contribution in [0, 0.1) is 29.1 Å². The molecule has 1 aromatic carbocycles. The maximum atomic E-state index is 5.48. The Bertz CT molecular complexity index is 622. The zero-order chi connectivity index (χ0) is 18.2. The van der Waals surface area contributed by atoms with Crippen LogP contribution >= 0.6 is 0 Å². The van der Waals surface area contributed by atoms with Gasteiger partial charge in [-0.3, -0.25) is 0 Å². The summed E-state index contributed by atoms with van der Waals surface area (Å²) in [7, 11) is 0. The Labute approximate surface area is 148 Å². The summed E-state index contributed by atoms with van der Waals surface area (Å²) in [6.45, 7) is 16.3. The van der Waals surface area contributed by atoms with E-state index in [1.54, 1.807) is 0 Å². The first kappa shape index (κ1) is 20.3. The summed E-state index contributed by atoms with van der Waals surface area (Å²) >= 11 is 0. The van der Waals surface area contributed by atoms with Crippen molar-refractivity contribution in [2.24, 2.45) is 5.41 Å². The van der Waals surface area contributed by atoms with Gasteiger partial charge in [0.25, 0.3) is 0 Å². The molecule has 0 aromatic heterocycles. The van der Waals surface area contributed by atoms with E-state index in [4.69, 9.17) is 4.74 Å². The van der Waals surface area contributed by atoms with Crippen LogP contribution in [0.3, 0.4) is 0 Å². The quantitative estimate of drug-likeness (QED) is 0.647. The van der Waals surface area contributed by atoms with Gasteiger partial charge in [-0.05, 0) is 62.6 Å². The lowest BCUT2D eigenvalue weighted by molar-refractivity contribution is 0.0943. The lowest BCUT2D eigenvalue weighted by atomic mass is 9.99. The Kier molecular flexibility index (Phi) is 7.56. The lowest BCUT2D eigenvalue weighted by Gasteiger charge is -2.26. The van der Waals surface area contributed by atoms with Gasteiger partial charge in [-0.1, -0.05) is 44.7 Å². The van der Waals surface area contributed by atoms with Crippen LogP contribution in [-0.4, -0.2) is 18.8 Å². The smallest absolute Gasteiger partial charge is 0.108 e. The highest BCUT2D eigenvalue weighted by atomic mass is 16.5. The minimum atomic E-state index is 0.0997. The van der Waals surface area contributed by atoms with Gasteiger partial charge in [0.1, 0.15) is 6.61 Å². The first-order valence-electron chi connectivity index (χ1n) is 8.51. The molecule has 0 saturated carbocycles. The molecule has 2 nitrogen and oxygen atoms in total. The molecule has 1 rings (SSSR count). The average Bonchev–Trinajstić information content (AvgIpc) is 2.44. The monoisotopic (exact) mass is 325 g/mol. The molecule has 0 bridgehead atoms. The highest BCUT2D eigenvalue weighted by Gasteiger charge is 2.14. The van der Waals surface area contributed by atoms with Crippen LogP contribution in [0.4, 0.5) is 0 Å². The third-order valence-electron chi connectivity index (χ3n) is 3.13. The average molecular weight is 325 g/mol. The van der Waals surface area contributed by atoms with Crippen LogP contribution in [0.25, 0.3) is 0 Å². The van der Waals surface area contributed by atoms with Crippen molar-refractivity contribution in [2.75, 3.05) is 13.2 Å². The summed E-state index contributed by atoms with van der Waals surface area (Å²) in [5.41, 5.74) is 2.51. The Morgan fingerprint density at radius 3 is 2.17 bits per heavy atom. The van der Waals surface area contributed by atoms with Crippen LogP contribution in [0.1, 0.15) is 65.6 Å². The molecule has 0 saturated heterocycles. The van der Waals surface area contributed by atoms with Crippen LogP contribution in [-0.2, 0) is 4.74 Å². The maximum Gasteiger partial charge on any atom is 0.108 e. The van der Waals surface area contributed by atoms with Gasteiger partial charge in [-0.15, -0.1) is 0 Å². The Balaban J connectivity index is 2.51. The standard InChI is InChI=1S/C22H31NO/c1-18(23-22(5,6)7)20-14-12-19(13-15-20)11-9-8-10-16-24-17-21(2,3)4/h12-15,18,23H,16-17H2,1-7H3. The van der Waals surface area contributed by atoms with Gasteiger partial charge >= 0.3 is 0 Å². The third-order valence-corrected chi connectivity index (χ3v) is 3.13. The normalized spacial score (nSPS) is 12.6. The first-order chi connectivity index (χ1) is 11.1. The van der Waals surface area contributed by atoms with Crippen molar-refractivity contribution in [2.45, 2.75) is 60.0 Å². The fraction of sp³-hybridized carbons (Fsp3) is 0.545. The van der Waals surface area contributed by atoms with Gasteiger partial charge in [-0.2, -0.15) is 0 Å². The van der Waals surface area contributed by atoms with Gasteiger partial charge in [0.2, 0.25) is 0 Å². The van der Waals surface area contributed by atoms with Crippen molar-refractivity contribution in [3.8, 4) is 23.7 Å². The van der Waals surface area contributed by atoms with E-state index in [1.807, 2.05) is 12.1 Å². The fourth-order valence-electron chi connectivity index (χ4n) is 2.18. The van der Waals surface area contributed by atoms with Crippen molar-refractivity contribution in [1.29, 1.82) is 0 Å². The molecule has 0 amide bonds. The van der Waals surface area contributed by atoms with Crippen molar-refractivity contribution in [3.05, 3.63) is 35.4 Å². The molecule has 2 heteroatoms. The summed E-state index contributed by atoms with van der Waals surface area (Å²) in [4.78, 5) is 0. The van der Waals surface area contributed by atoms with E-state index in [0.717, 1.165) is 5.56 Å². The Hall–Kier alpha value is -1.74. The molecule has 0 aliphatic carbocycles. The fourth-order valence-corrected chi connectivity index (χ4v) is 2.18. The van der Waals surface area contributed by atoms with E-state index < -0.39 is 0 Å². The Morgan fingerprint density at radius 2 is 1.62 bits per heavy atom. The summed E-state index contributed by atoms with van der Waals surface area (Å²) < 4.78 is 5.48. The zero-order valence-electron chi connectivity index (χ0n) is 16.2. The van der Waals surface area contributed by atoms with Crippen LogP contribution in [0.2, 0.25) is 0 Å². The lowest BCUT2D eigenvalue weighted by Crippen LogP contribution is -2.37. The predicted octanol–water partition coefficient (Wildman–Crippen LogP) is 4.55. The van der Waals surface area contributed by atoms with Crippen LogP contribution in [0.5, 0.6) is 0 Å². The topological polar surface area (TPSA) is 21.3 Å². The molecular weight excluding hydrogens is 294 g/mol. The predicted molar refractivity (Wildman–Crippen MR) is 103 cm³/mol. The van der Waals surface area contributed by atoms with E-state index in [0.29, 0.717) is 19.3 Å². The highest BCUT2D eigenvalue weighted by Crippen LogP contribution is 2.16. The van der Waals surface area contributed by atoms with E-state index in [2.05, 4.69) is 89.6 Å². The second kappa shape index (κ2) is 8.93. The van der Waals surface area contributed by atoms with Gasteiger partial charge in [0.05, 0.1) is 6.61 Å². The van der Waals surface area contributed by atoms with Crippen LogP contribution in [0.15, 0.2) is 24.3 Å². The van der Waals surface area contributed by atoms with E-state index in [1.165, 1.54) is 5.56 Å². The SMILES string of the molecule is CC(NC(C)(C)C)c1ccc(C#CC#CCOCC(C)(C)C)cc1. The zero-order valence-corrected chi connectivity index (χ0v) is 16.2. The van der Waals surface area contributed by atoms with E-state index in [-0.39, 0.29) is 11.0 Å². The minimum absolute atomic E-state index is 0.0997. The molecule has 0 radical (unpaired) electrons. The van der Waals surface area contributed by atoms with E-state index in [9.17, 15) is 0 Å². The number of hydrogen-bond acceptors (Lipinski definition) is 2. The third kappa shape index (κ3) is 9.41. The number of nitrogens with one attached hydrogen (secondary N) is 1. The van der Waals surface area contributed by atoms with Gasteiger partial charge in [0, 0.05) is 17.1 Å². The van der Waals surface area contributed by atoms with Crippen molar-refractivity contribution >= 4 is 0 Å². The number of benzene rings is 1. The second-order valence-corrected chi connectivity index (χ2v) is 8.34. The molecular formula is C22H31NO. The molecule has 0 heterocycles. The minimum Gasteiger partial charge on any atom is -0.368 e. The molecule has 0 aliphatic rings. The molecule has 1 N–H and O–H groups in total. The summed E-state index contributed by atoms with van der Waals surface area (Å²) in [5.74, 6) is 11.7. The highest BCUT2D eigenvalue weighted by molar-refractivity contribution is 5.41. The molecule has 1 unspecified atom stereocenters. The number of hydrogen-bond donors (Lipinski definition) is 1. The first-order valence-corrected chi connectivity index (χ1v) is 8.51. The van der Waals surface area contributed by atoms with Gasteiger partial charge < -0.3 is 10.1 Å². The summed E-state index contributed by atoms with van der Waals surface area (Å²) in [6, 6.07) is 8.63. The Morgan fingerprint density at radius 1 is 1.00 bits per heavy atom. The molecule has 1 atom stereocenters. The molecule has 130 valence electrons. The van der Waals surface area contributed by atoms with E-state index >= 15 is 0 Å². The summed E-state index contributed by atoms with van der Waals surface area (Å²) in [5, 5.41) is 3.56. The molecule has 1 aromatic rings. The maximum absolute atomic E-state index is 5.48. The molecule has 0 spiro atoms.